The van der Waals surface area contributed by atoms with Crippen LogP contribution in [0.4, 0.5) is 17.2 Å². The van der Waals surface area contributed by atoms with Crippen molar-refractivity contribution in [2.45, 2.75) is 5.16 Å². The van der Waals surface area contributed by atoms with E-state index in [0.29, 0.717) is 15.6 Å². The lowest BCUT2D eigenvalue weighted by molar-refractivity contribution is 0.416. The maximum absolute atomic E-state index is 5.67. The maximum Gasteiger partial charge on any atom is 0.189 e. The number of aromatic nitrogens is 3. The highest BCUT2D eigenvalue weighted by atomic mass is 79.9. The smallest absolute Gasteiger partial charge is 0.189 e. The quantitative estimate of drug-likeness (QED) is 0.339. The number of ether oxygens (including phenoxy) is 1. The normalized spacial score (nSPS) is 14.3. The molecule has 9 heteroatoms. The molecule has 0 amide bonds. The topological polar surface area (TPSA) is 75.2 Å². The van der Waals surface area contributed by atoms with Gasteiger partial charge in [0.1, 0.15) is 16.2 Å². The summed E-state index contributed by atoms with van der Waals surface area (Å²) in [6.45, 7) is 3.96. The van der Waals surface area contributed by atoms with Crippen molar-refractivity contribution in [1.82, 2.24) is 20.3 Å². The van der Waals surface area contributed by atoms with Crippen LogP contribution in [0.25, 0.3) is 10.9 Å². The highest BCUT2D eigenvalue weighted by Gasteiger charge is 2.16. The number of hydrogen-bond acceptors (Lipinski definition) is 8. The first kappa shape index (κ1) is 19.2. The number of piperazine rings is 1. The maximum atomic E-state index is 5.67. The Labute approximate surface area is 176 Å². The Morgan fingerprint density at radius 1 is 1.21 bits per heavy atom. The van der Waals surface area contributed by atoms with Crippen LogP contribution >= 0.6 is 27.7 Å². The molecule has 0 aliphatic carbocycles. The van der Waals surface area contributed by atoms with E-state index >= 15 is 0 Å². The van der Waals surface area contributed by atoms with Gasteiger partial charge in [-0.3, -0.25) is 0 Å². The van der Waals surface area contributed by atoms with Gasteiger partial charge in [0.2, 0.25) is 0 Å². The lowest BCUT2D eigenvalue weighted by Gasteiger charge is -2.30. The van der Waals surface area contributed by atoms with Gasteiger partial charge < -0.3 is 20.3 Å². The Morgan fingerprint density at radius 3 is 2.79 bits per heavy atom. The third-order valence-corrected chi connectivity index (χ3v) is 5.79. The molecular formula is C19H21BrN6OS. The van der Waals surface area contributed by atoms with Crippen molar-refractivity contribution in [2.24, 2.45) is 0 Å². The molecule has 0 atom stereocenters. The molecule has 0 saturated carbocycles. The highest BCUT2D eigenvalue weighted by molar-refractivity contribution is 9.10. The molecule has 2 N–H and O–H groups in total. The summed E-state index contributed by atoms with van der Waals surface area (Å²) >= 11 is 5.03. The van der Waals surface area contributed by atoms with Crippen molar-refractivity contribution < 1.29 is 4.74 Å². The minimum atomic E-state index is 0.697. The van der Waals surface area contributed by atoms with E-state index in [9.17, 15) is 0 Å². The molecule has 1 aliphatic heterocycles. The zero-order valence-corrected chi connectivity index (χ0v) is 18.1. The standard InChI is InChI=1S/C19H21BrN6OS/c1-27-15-11-12(26-9-7-21-8-10-26)3-4-13(15)23-18-16-14(5-6-22-17(16)20)24-19(25-18)28-2/h3-6,11,21H,7-10H2,1-2H3,(H,23,24,25). The first-order valence-electron chi connectivity index (χ1n) is 8.96. The summed E-state index contributed by atoms with van der Waals surface area (Å²) in [6.07, 6.45) is 3.69. The van der Waals surface area contributed by atoms with E-state index in [2.05, 4.69) is 58.5 Å². The molecule has 28 heavy (non-hydrogen) atoms. The van der Waals surface area contributed by atoms with Gasteiger partial charge in [-0.1, -0.05) is 11.8 Å². The van der Waals surface area contributed by atoms with Crippen molar-refractivity contribution in [3.8, 4) is 5.75 Å². The second-order valence-corrected chi connectivity index (χ2v) is 7.83. The molecule has 0 spiro atoms. The number of anilines is 3. The zero-order chi connectivity index (χ0) is 19.5. The molecule has 2 aromatic heterocycles. The van der Waals surface area contributed by atoms with Gasteiger partial charge in [-0.2, -0.15) is 0 Å². The Kier molecular flexibility index (Phi) is 5.84. The number of rotatable bonds is 5. The number of nitrogens with zero attached hydrogens (tertiary/aromatic N) is 4. The largest absolute Gasteiger partial charge is 0.494 e. The molecule has 0 unspecified atom stereocenters. The number of nitrogens with one attached hydrogen (secondary N) is 2. The fourth-order valence-corrected chi connectivity index (χ4v) is 4.11. The van der Waals surface area contributed by atoms with E-state index in [0.717, 1.165) is 54.2 Å². The molecule has 1 saturated heterocycles. The van der Waals surface area contributed by atoms with Gasteiger partial charge in [-0.15, -0.1) is 0 Å². The van der Waals surface area contributed by atoms with Gasteiger partial charge >= 0.3 is 0 Å². The molecule has 146 valence electrons. The first-order chi connectivity index (χ1) is 13.7. The van der Waals surface area contributed by atoms with E-state index in [4.69, 9.17) is 4.74 Å². The van der Waals surface area contributed by atoms with Crippen LogP contribution in [0.1, 0.15) is 0 Å². The summed E-state index contributed by atoms with van der Waals surface area (Å²) in [5.74, 6) is 1.47. The van der Waals surface area contributed by atoms with E-state index < -0.39 is 0 Å². The van der Waals surface area contributed by atoms with Crippen molar-refractivity contribution in [3.05, 3.63) is 35.1 Å². The van der Waals surface area contributed by atoms with Gasteiger partial charge in [0.15, 0.2) is 5.16 Å². The lowest BCUT2D eigenvalue weighted by Crippen LogP contribution is -2.43. The van der Waals surface area contributed by atoms with Crippen LogP contribution in [-0.2, 0) is 0 Å². The van der Waals surface area contributed by atoms with Crippen LogP contribution in [0.5, 0.6) is 5.75 Å². The third-order valence-electron chi connectivity index (χ3n) is 4.65. The predicted octanol–water partition coefficient (Wildman–Crippen LogP) is 3.67. The van der Waals surface area contributed by atoms with Crippen molar-refractivity contribution in [1.29, 1.82) is 0 Å². The Balaban J connectivity index is 1.72. The summed E-state index contributed by atoms with van der Waals surface area (Å²) in [4.78, 5) is 15.9. The van der Waals surface area contributed by atoms with Gasteiger partial charge in [0, 0.05) is 44.1 Å². The lowest BCUT2D eigenvalue weighted by atomic mass is 10.2. The molecule has 3 aromatic rings. The summed E-state index contributed by atoms with van der Waals surface area (Å²) < 4.78 is 6.37. The van der Waals surface area contributed by atoms with Gasteiger partial charge in [0.25, 0.3) is 0 Å². The van der Waals surface area contributed by atoms with Gasteiger partial charge in [0.05, 0.1) is 23.7 Å². The number of fused-ring (bicyclic) bond motifs is 1. The fraction of sp³-hybridized carbons (Fsp3) is 0.316. The number of thioether (sulfide) groups is 1. The van der Waals surface area contributed by atoms with E-state index in [1.54, 1.807) is 13.3 Å². The van der Waals surface area contributed by atoms with Gasteiger partial charge in [-0.05, 0) is 40.4 Å². The minimum Gasteiger partial charge on any atom is -0.494 e. The molecule has 0 radical (unpaired) electrons. The van der Waals surface area contributed by atoms with Crippen LogP contribution in [0, 0.1) is 0 Å². The number of hydrogen-bond donors (Lipinski definition) is 2. The second-order valence-electron chi connectivity index (χ2n) is 6.30. The predicted molar refractivity (Wildman–Crippen MR) is 118 cm³/mol. The Bertz CT molecular complexity index is 996. The molecule has 0 bridgehead atoms. The summed E-state index contributed by atoms with van der Waals surface area (Å²) in [7, 11) is 1.69. The number of halogens is 1. The van der Waals surface area contributed by atoms with Crippen LogP contribution in [0.15, 0.2) is 40.2 Å². The molecule has 1 fully saturated rings. The van der Waals surface area contributed by atoms with Crippen LogP contribution < -0.4 is 20.3 Å². The number of pyridine rings is 1. The average Bonchev–Trinajstić information content (AvgIpc) is 2.74. The number of methoxy groups -OCH3 is 1. The Hall–Kier alpha value is -2.10. The molecule has 1 aromatic carbocycles. The molecule has 4 rings (SSSR count). The van der Waals surface area contributed by atoms with E-state index in [1.165, 1.54) is 11.8 Å². The monoisotopic (exact) mass is 460 g/mol. The second kappa shape index (κ2) is 8.50. The third kappa shape index (κ3) is 3.87. The Morgan fingerprint density at radius 2 is 2.04 bits per heavy atom. The molecule has 1 aliphatic rings. The summed E-state index contributed by atoms with van der Waals surface area (Å²) in [5.41, 5.74) is 2.84. The number of benzene rings is 1. The van der Waals surface area contributed by atoms with Crippen molar-refractivity contribution >= 4 is 55.8 Å². The average molecular weight is 461 g/mol. The molecule has 7 nitrogen and oxygen atoms in total. The highest BCUT2D eigenvalue weighted by Crippen LogP contribution is 2.35. The van der Waals surface area contributed by atoms with Crippen LogP contribution in [0.3, 0.4) is 0 Å². The summed E-state index contributed by atoms with van der Waals surface area (Å²) in [6, 6.07) is 8.10. The zero-order valence-electron chi connectivity index (χ0n) is 15.7. The van der Waals surface area contributed by atoms with E-state index in [1.807, 2.05) is 18.4 Å². The molecule has 3 heterocycles. The minimum absolute atomic E-state index is 0.697. The van der Waals surface area contributed by atoms with Crippen LogP contribution in [-0.4, -0.2) is 54.5 Å². The van der Waals surface area contributed by atoms with Crippen molar-refractivity contribution in [3.63, 3.8) is 0 Å². The SMILES string of the molecule is COc1cc(N2CCNCC2)ccc1Nc1nc(SC)nc2ccnc(Br)c12. The summed E-state index contributed by atoms with van der Waals surface area (Å²) in [5, 5.41) is 8.34. The fourth-order valence-electron chi connectivity index (χ4n) is 3.23. The van der Waals surface area contributed by atoms with Crippen molar-refractivity contribution in [2.75, 3.05) is 49.8 Å². The van der Waals surface area contributed by atoms with Gasteiger partial charge in [-0.25, -0.2) is 15.0 Å². The first-order valence-corrected chi connectivity index (χ1v) is 11.0. The van der Waals surface area contributed by atoms with Crippen LogP contribution in [0.2, 0.25) is 0 Å². The molecular weight excluding hydrogens is 440 g/mol. The van der Waals surface area contributed by atoms with E-state index in [-0.39, 0.29) is 0 Å².